The molecule has 0 rings (SSSR count). The van der Waals surface area contributed by atoms with Crippen LogP contribution in [0.5, 0.6) is 0 Å². The molecule has 0 aromatic carbocycles. The number of hydrogen-bond acceptors (Lipinski definition) is 1. The first-order valence-electron chi connectivity index (χ1n) is 5.66. The molecular formula is C13H25NO. The summed E-state index contributed by atoms with van der Waals surface area (Å²) >= 11 is 0. The molecule has 0 aliphatic heterocycles. The van der Waals surface area contributed by atoms with E-state index in [1.807, 2.05) is 0 Å². The summed E-state index contributed by atoms with van der Waals surface area (Å²) in [7, 11) is 0. The smallest absolute Gasteiger partial charge is 0.246 e. The van der Waals surface area contributed by atoms with Gasteiger partial charge in [-0.3, -0.25) is 4.79 Å². The minimum absolute atomic E-state index is 0.0297. The van der Waals surface area contributed by atoms with E-state index in [0.717, 1.165) is 13.0 Å². The average Bonchev–Trinajstić information content (AvgIpc) is 2.00. The minimum Gasteiger partial charge on any atom is -0.352 e. The average molecular weight is 211 g/mol. The summed E-state index contributed by atoms with van der Waals surface area (Å²) < 4.78 is 0. The highest BCUT2D eigenvalue weighted by atomic mass is 16.1. The zero-order chi connectivity index (χ0) is 12.1. The summed E-state index contributed by atoms with van der Waals surface area (Å²) in [4.78, 5) is 11.2. The molecule has 0 aliphatic rings. The molecule has 1 amide bonds. The topological polar surface area (TPSA) is 29.1 Å². The molecule has 0 aliphatic carbocycles. The lowest BCUT2D eigenvalue weighted by atomic mass is 9.84. The summed E-state index contributed by atoms with van der Waals surface area (Å²) in [6.45, 7) is 15.1. The van der Waals surface area contributed by atoms with Gasteiger partial charge in [-0.2, -0.15) is 0 Å². The molecule has 1 atom stereocenters. The van der Waals surface area contributed by atoms with Crippen molar-refractivity contribution in [1.82, 2.24) is 5.32 Å². The third-order valence-corrected chi connectivity index (χ3v) is 2.27. The molecule has 88 valence electrons. The lowest BCUT2D eigenvalue weighted by molar-refractivity contribution is -0.117. The Bertz CT molecular complexity index is 225. The van der Waals surface area contributed by atoms with E-state index in [9.17, 15) is 4.79 Å². The second-order valence-corrected chi connectivity index (χ2v) is 5.69. The molecule has 0 radical (unpaired) electrons. The van der Waals surface area contributed by atoms with E-state index in [0.29, 0.717) is 16.9 Å². The molecule has 1 N–H and O–H groups in total. The normalized spacial score (nSPS) is 13.4. The Hall–Kier alpha value is -0.790. The van der Waals surface area contributed by atoms with Crippen LogP contribution in [-0.4, -0.2) is 12.5 Å². The van der Waals surface area contributed by atoms with Crippen molar-refractivity contribution in [2.45, 2.75) is 47.5 Å². The lowest BCUT2D eigenvalue weighted by Gasteiger charge is -2.23. The summed E-state index contributed by atoms with van der Waals surface area (Å²) in [6.07, 6.45) is 2.23. The van der Waals surface area contributed by atoms with Crippen molar-refractivity contribution in [2.75, 3.05) is 6.54 Å². The van der Waals surface area contributed by atoms with Gasteiger partial charge in [0.2, 0.25) is 5.91 Å². The van der Waals surface area contributed by atoms with Crippen molar-refractivity contribution in [3.63, 3.8) is 0 Å². The molecule has 15 heavy (non-hydrogen) atoms. The van der Waals surface area contributed by atoms with Crippen LogP contribution in [0.3, 0.4) is 0 Å². The number of carbonyl (C=O) groups excluding carboxylic acids is 1. The Labute approximate surface area is 94.1 Å². The highest BCUT2D eigenvalue weighted by molar-refractivity contribution is 5.91. The molecule has 0 saturated carbocycles. The Balaban J connectivity index is 3.69. The van der Waals surface area contributed by atoms with Crippen molar-refractivity contribution in [3.8, 4) is 0 Å². The van der Waals surface area contributed by atoms with Crippen LogP contribution in [0, 0.1) is 11.3 Å². The second kappa shape index (κ2) is 5.94. The third kappa shape index (κ3) is 8.22. The van der Waals surface area contributed by atoms with E-state index in [-0.39, 0.29) is 5.91 Å². The molecule has 0 aromatic rings. The second-order valence-electron chi connectivity index (χ2n) is 5.69. The van der Waals surface area contributed by atoms with E-state index in [1.54, 1.807) is 6.92 Å². The third-order valence-electron chi connectivity index (χ3n) is 2.27. The van der Waals surface area contributed by atoms with Crippen LogP contribution in [-0.2, 0) is 4.79 Å². The van der Waals surface area contributed by atoms with Gasteiger partial charge in [-0.1, -0.05) is 34.3 Å². The fraction of sp³-hybridized carbons (Fsp3) is 0.769. The first kappa shape index (κ1) is 14.2. The Morgan fingerprint density at radius 3 is 2.33 bits per heavy atom. The van der Waals surface area contributed by atoms with Gasteiger partial charge < -0.3 is 5.32 Å². The fourth-order valence-corrected chi connectivity index (χ4v) is 1.73. The first-order chi connectivity index (χ1) is 6.72. The minimum atomic E-state index is -0.0297. The van der Waals surface area contributed by atoms with Gasteiger partial charge in [-0.25, -0.2) is 0 Å². The molecule has 2 nitrogen and oxygen atoms in total. The predicted molar refractivity (Wildman–Crippen MR) is 65.7 cm³/mol. The quantitative estimate of drug-likeness (QED) is 0.695. The molecule has 0 fully saturated rings. The molecule has 0 saturated heterocycles. The van der Waals surface area contributed by atoms with Gasteiger partial charge in [0, 0.05) is 12.1 Å². The molecule has 0 spiro atoms. The number of rotatable bonds is 5. The van der Waals surface area contributed by atoms with Gasteiger partial charge >= 0.3 is 0 Å². The van der Waals surface area contributed by atoms with Gasteiger partial charge in [-0.15, -0.1) is 0 Å². The largest absolute Gasteiger partial charge is 0.352 e. The van der Waals surface area contributed by atoms with Crippen molar-refractivity contribution in [2.24, 2.45) is 11.3 Å². The van der Waals surface area contributed by atoms with Gasteiger partial charge in [0.05, 0.1) is 0 Å². The fourth-order valence-electron chi connectivity index (χ4n) is 1.73. The molecule has 1 unspecified atom stereocenters. The molecule has 0 heterocycles. The van der Waals surface area contributed by atoms with Crippen LogP contribution in [0.2, 0.25) is 0 Å². The summed E-state index contributed by atoms with van der Waals surface area (Å²) in [5.74, 6) is 0.619. The van der Waals surface area contributed by atoms with Crippen LogP contribution in [0.4, 0.5) is 0 Å². The predicted octanol–water partition coefficient (Wildman–Crippen LogP) is 3.14. The number of hydrogen-bond donors (Lipinski definition) is 1. The Morgan fingerprint density at radius 1 is 1.40 bits per heavy atom. The standard InChI is InChI=1S/C13H25NO/c1-10(2)12(15)14-8-7-11(3)9-13(4,5)6/h11H,1,7-9H2,2-6H3,(H,14,15). The molecule has 0 aromatic heterocycles. The maximum atomic E-state index is 11.2. The van der Waals surface area contributed by atoms with Crippen LogP contribution in [0.25, 0.3) is 0 Å². The summed E-state index contributed by atoms with van der Waals surface area (Å²) in [6, 6.07) is 0. The van der Waals surface area contributed by atoms with Crippen LogP contribution in [0.1, 0.15) is 47.5 Å². The van der Waals surface area contributed by atoms with Crippen molar-refractivity contribution < 1.29 is 4.79 Å². The summed E-state index contributed by atoms with van der Waals surface area (Å²) in [5, 5.41) is 2.86. The van der Waals surface area contributed by atoms with Crippen LogP contribution in [0.15, 0.2) is 12.2 Å². The van der Waals surface area contributed by atoms with Gasteiger partial charge in [-0.05, 0) is 31.1 Å². The number of amides is 1. The highest BCUT2D eigenvalue weighted by Gasteiger charge is 2.15. The zero-order valence-electron chi connectivity index (χ0n) is 10.8. The van der Waals surface area contributed by atoms with Gasteiger partial charge in [0.1, 0.15) is 0 Å². The SMILES string of the molecule is C=C(C)C(=O)NCCC(C)CC(C)(C)C. The lowest BCUT2D eigenvalue weighted by Crippen LogP contribution is -2.26. The summed E-state index contributed by atoms with van der Waals surface area (Å²) in [5.41, 5.74) is 0.955. The monoisotopic (exact) mass is 211 g/mol. The highest BCUT2D eigenvalue weighted by Crippen LogP contribution is 2.25. The van der Waals surface area contributed by atoms with E-state index >= 15 is 0 Å². The molecular weight excluding hydrogens is 186 g/mol. The Kier molecular flexibility index (Phi) is 5.63. The molecule has 2 heteroatoms. The molecule has 0 bridgehead atoms. The van der Waals surface area contributed by atoms with Gasteiger partial charge in [0.25, 0.3) is 0 Å². The maximum absolute atomic E-state index is 11.2. The van der Waals surface area contributed by atoms with E-state index in [1.165, 1.54) is 6.42 Å². The van der Waals surface area contributed by atoms with Crippen molar-refractivity contribution >= 4 is 5.91 Å². The first-order valence-corrected chi connectivity index (χ1v) is 5.66. The van der Waals surface area contributed by atoms with Crippen LogP contribution < -0.4 is 5.32 Å². The van der Waals surface area contributed by atoms with Crippen molar-refractivity contribution in [3.05, 3.63) is 12.2 Å². The van der Waals surface area contributed by atoms with Crippen molar-refractivity contribution in [1.29, 1.82) is 0 Å². The number of nitrogens with one attached hydrogen (secondary N) is 1. The Morgan fingerprint density at radius 2 is 1.93 bits per heavy atom. The zero-order valence-corrected chi connectivity index (χ0v) is 10.8. The van der Waals surface area contributed by atoms with Gasteiger partial charge in [0.15, 0.2) is 0 Å². The maximum Gasteiger partial charge on any atom is 0.246 e. The van der Waals surface area contributed by atoms with Crippen LogP contribution >= 0.6 is 0 Å². The van der Waals surface area contributed by atoms with E-state index in [4.69, 9.17) is 0 Å². The number of carbonyl (C=O) groups is 1. The van der Waals surface area contributed by atoms with E-state index < -0.39 is 0 Å². The van der Waals surface area contributed by atoms with E-state index in [2.05, 4.69) is 39.6 Å².